The summed E-state index contributed by atoms with van der Waals surface area (Å²) in [6.07, 6.45) is 8.98. The molecule has 0 N–H and O–H groups in total. The normalized spacial score (nSPS) is 23.1. The van der Waals surface area contributed by atoms with Gasteiger partial charge in [0.25, 0.3) is 0 Å². The van der Waals surface area contributed by atoms with Gasteiger partial charge in [0.2, 0.25) is 0 Å². The summed E-state index contributed by atoms with van der Waals surface area (Å²) in [4.78, 5) is 16.3. The third-order valence-electron chi connectivity index (χ3n) is 5.40. The molecular weight excluding hydrogens is 378 g/mol. The van der Waals surface area contributed by atoms with Gasteiger partial charge in [0.15, 0.2) is 5.82 Å². The molecule has 3 aromatic heterocycles. The monoisotopic (exact) mass is 401 g/mol. The molecule has 4 heterocycles. The summed E-state index contributed by atoms with van der Waals surface area (Å²) in [6, 6.07) is 6.22. The molecule has 0 aromatic carbocycles. The van der Waals surface area contributed by atoms with Crippen LogP contribution in [-0.4, -0.2) is 43.9 Å². The highest BCUT2D eigenvalue weighted by molar-refractivity contribution is 7.98. The SMILES string of the molecule is CSCC1CC(C)CN(c2ccnc(-c3cnc4ccc(Cl)cn34)n2)C1C. The van der Waals surface area contributed by atoms with Crippen LogP contribution < -0.4 is 4.90 Å². The van der Waals surface area contributed by atoms with Crippen molar-refractivity contribution >= 4 is 34.8 Å². The van der Waals surface area contributed by atoms with Crippen molar-refractivity contribution < 1.29 is 0 Å². The first-order valence-corrected chi connectivity index (χ1v) is 11.1. The highest BCUT2D eigenvalue weighted by Crippen LogP contribution is 2.33. The molecule has 3 atom stereocenters. The second-order valence-corrected chi connectivity index (χ2v) is 8.75. The van der Waals surface area contributed by atoms with Crippen molar-refractivity contribution in [3.63, 3.8) is 0 Å². The molecule has 1 aliphatic heterocycles. The van der Waals surface area contributed by atoms with Gasteiger partial charge in [-0.3, -0.25) is 4.40 Å². The number of imidazole rings is 1. The fourth-order valence-corrected chi connectivity index (χ4v) is 5.02. The molecule has 3 aromatic rings. The molecule has 0 aliphatic carbocycles. The van der Waals surface area contributed by atoms with Crippen LogP contribution in [0, 0.1) is 11.8 Å². The quantitative estimate of drug-likeness (QED) is 0.636. The van der Waals surface area contributed by atoms with E-state index in [1.54, 1.807) is 0 Å². The van der Waals surface area contributed by atoms with Crippen molar-refractivity contribution in [1.82, 2.24) is 19.4 Å². The second-order valence-electron chi connectivity index (χ2n) is 7.41. The molecule has 5 nitrogen and oxygen atoms in total. The van der Waals surface area contributed by atoms with Crippen LogP contribution in [0.4, 0.5) is 5.82 Å². The molecule has 1 aliphatic rings. The lowest BCUT2D eigenvalue weighted by molar-refractivity contribution is 0.300. The minimum atomic E-state index is 0.466. The van der Waals surface area contributed by atoms with Gasteiger partial charge >= 0.3 is 0 Å². The lowest BCUT2D eigenvalue weighted by Gasteiger charge is -2.43. The fourth-order valence-electron chi connectivity index (χ4n) is 4.02. The number of nitrogens with zero attached hydrogens (tertiary/aromatic N) is 5. The first-order valence-electron chi connectivity index (χ1n) is 9.28. The Hall–Kier alpha value is -1.79. The highest BCUT2D eigenvalue weighted by Gasteiger charge is 2.32. The Morgan fingerprint density at radius 1 is 1.22 bits per heavy atom. The molecule has 0 bridgehead atoms. The van der Waals surface area contributed by atoms with Crippen molar-refractivity contribution in [3.8, 4) is 11.5 Å². The minimum Gasteiger partial charge on any atom is -0.353 e. The van der Waals surface area contributed by atoms with Crippen LogP contribution in [0.25, 0.3) is 17.2 Å². The zero-order chi connectivity index (χ0) is 19.0. The molecule has 0 amide bonds. The van der Waals surface area contributed by atoms with Gasteiger partial charge in [-0.25, -0.2) is 15.0 Å². The van der Waals surface area contributed by atoms with Crippen molar-refractivity contribution in [2.75, 3.05) is 23.5 Å². The highest BCUT2D eigenvalue weighted by atomic mass is 35.5. The topological polar surface area (TPSA) is 46.3 Å². The van der Waals surface area contributed by atoms with Gasteiger partial charge in [0.05, 0.1) is 11.2 Å². The van der Waals surface area contributed by atoms with Gasteiger partial charge < -0.3 is 4.90 Å². The molecule has 1 saturated heterocycles. The molecule has 142 valence electrons. The zero-order valence-electron chi connectivity index (χ0n) is 15.8. The van der Waals surface area contributed by atoms with Crippen molar-refractivity contribution in [3.05, 3.63) is 41.8 Å². The van der Waals surface area contributed by atoms with Crippen molar-refractivity contribution in [2.45, 2.75) is 26.3 Å². The maximum Gasteiger partial charge on any atom is 0.180 e. The Morgan fingerprint density at radius 3 is 2.89 bits per heavy atom. The summed E-state index contributed by atoms with van der Waals surface area (Å²) in [6.45, 7) is 5.69. The van der Waals surface area contributed by atoms with Crippen molar-refractivity contribution in [1.29, 1.82) is 0 Å². The van der Waals surface area contributed by atoms with Crippen LogP contribution >= 0.6 is 23.4 Å². The van der Waals surface area contributed by atoms with E-state index in [2.05, 4.69) is 35.0 Å². The van der Waals surface area contributed by atoms with E-state index in [0.717, 1.165) is 23.7 Å². The van der Waals surface area contributed by atoms with Gasteiger partial charge in [0.1, 0.15) is 17.2 Å². The number of anilines is 1. The Balaban J connectivity index is 1.70. The van der Waals surface area contributed by atoms with E-state index < -0.39 is 0 Å². The van der Waals surface area contributed by atoms with Crippen LogP contribution in [0.15, 0.2) is 36.8 Å². The molecule has 4 rings (SSSR count). The average Bonchev–Trinajstić information content (AvgIpc) is 3.07. The van der Waals surface area contributed by atoms with E-state index >= 15 is 0 Å². The van der Waals surface area contributed by atoms with E-state index in [0.29, 0.717) is 28.7 Å². The zero-order valence-corrected chi connectivity index (χ0v) is 17.4. The predicted molar refractivity (Wildman–Crippen MR) is 114 cm³/mol. The first kappa shape index (κ1) is 18.6. The van der Waals surface area contributed by atoms with Crippen LogP contribution in [0.1, 0.15) is 20.3 Å². The Bertz CT molecular complexity index is 943. The van der Waals surface area contributed by atoms with E-state index in [4.69, 9.17) is 16.6 Å². The molecule has 1 fully saturated rings. The number of rotatable bonds is 4. The number of piperidine rings is 1. The molecule has 7 heteroatoms. The molecule has 0 saturated carbocycles. The lowest BCUT2D eigenvalue weighted by atomic mass is 9.86. The number of halogens is 1. The summed E-state index contributed by atoms with van der Waals surface area (Å²) in [5.74, 6) is 4.19. The summed E-state index contributed by atoms with van der Waals surface area (Å²) >= 11 is 8.10. The number of pyridine rings is 1. The minimum absolute atomic E-state index is 0.466. The number of hydrogen-bond donors (Lipinski definition) is 0. The predicted octanol–water partition coefficient (Wildman–Crippen LogP) is 4.66. The summed E-state index contributed by atoms with van der Waals surface area (Å²) in [7, 11) is 0. The van der Waals surface area contributed by atoms with Crippen molar-refractivity contribution in [2.24, 2.45) is 11.8 Å². The summed E-state index contributed by atoms with van der Waals surface area (Å²) in [5, 5.41) is 0.663. The number of thioether (sulfide) groups is 1. The van der Waals surface area contributed by atoms with E-state index in [1.807, 2.05) is 53.0 Å². The van der Waals surface area contributed by atoms with E-state index in [9.17, 15) is 0 Å². The van der Waals surface area contributed by atoms with Crippen LogP contribution in [-0.2, 0) is 0 Å². The standard InChI is InChI=1S/C20H24ClN5S/c1-13-8-15(12-27-3)14(2)25(10-13)19-6-7-22-20(24-19)17-9-23-18-5-4-16(21)11-26(17)18/h4-7,9,11,13-15H,8,10,12H2,1-3H3. The fraction of sp³-hybridized carbons (Fsp3) is 0.450. The maximum absolute atomic E-state index is 6.17. The largest absolute Gasteiger partial charge is 0.353 e. The average molecular weight is 402 g/mol. The van der Waals surface area contributed by atoms with Gasteiger partial charge in [0, 0.05) is 25.0 Å². The van der Waals surface area contributed by atoms with Gasteiger partial charge in [-0.1, -0.05) is 18.5 Å². The van der Waals surface area contributed by atoms with Crippen LogP contribution in [0.5, 0.6) is 0 Å². The number of aromatic nitrogens is 4. The van der Waals surface area contributed by atoms with Crippen LogP contribution in [0.3, 0.4) is 0 Å². The second kappa shape index (κ2) is 7.68. The lowest BCUT2D eigenvalue weighted by Crippen LogP contribution is -2.48. The first-order chi connectivity index (χ1) is 13.1. The summed E-state index contributed by atoms with van der Waals surface area (Å²) in [5.41, 5.74) is 1.69. The third-order valence-corrected chi connectivity index (χ3v) is 6.39. The van der Waals surface area contributed by atoms with E-state index in [-0.39, 0.29) is 0 Å². The maximum atomic E-state index is 6.17. The van der Waals surface area contributed by atoms with Gasteiger partial charge in [-0.15, -0.1) is 0 Å². The number of fused-ring (bicyclic) bond motifs is 1. The smallest absolute Gasteiger partial charge is 0.180 e. The number of hydrogen-bond acceptors (Lipinski definition) is 5. The van der Waals surface area contributed by atoms with Gasteiger partial charge in [-0.05, 0) is 55.4 Å². The molecular formula is C20H24ClN5S. The Morgan fingerprint density at radius 2 is 2.07 bits per heavy atom. The summed E-state index contributed by atoms with van der Waals surface area (Å²) < 4.78 is 1.94. The van der Waals surface area contributed by atoms with Gasteiger partial charge in [-0.2, -0.15) is 11.8 Å². The Kier molecular flexibility index (Phi) is 5.28. The molecule has 27 heavy (non-hydrogen) atoms. The third kappa shape index (κ3) is 3.65. The molecule has 0 spiro atoms. The molecule has 0 radical (unpaired) electrons. The molecule has 3 unspecified atom stereocenters. The van der Waals surface area contributed by atoms with E-state index in [1.165, 1.54) is 12.2 Å². The Labute approximate surface area is 169 Å². The van der Waals surface area contributed by atoms with Crippen LogP contribution in [0.2, 0.25) is 5.02 Å².